The lowest BCUT2D eigenvalue weighted by atomic mass is 10.2. The summed E-state index contributed by atoms with van der Waals surface area (Å²) in [6.45, 7) is 12.8. The normalized spacial score (nSPS) is 15.5. The molecule has 4 rings (SSSR count). The number of hydrogen-bond acceptors (Lipinski definition) is 7. The van der Waals surface area contributed by atoms with E-state index in [9.17, 15) is 0 Å². The fourth-order valence-electron chi connectivity index (χ4n) is 3.42. The van der Waals surface area contributed by atoms with Crippen LogP contribution in [0.5, 0.6) is 0 Å². The van der Waals surface area contributed by atoms with Crippen LogP contribution in [0.2, 0.25) is 0 Å². The zero-order valence-corrected chi connectivity index (χ0v) is 17.1. The number of nitrogens with zero attached hydrogens (tertiary/aromatic N) is 5. The first-order valence-corrected chi connectivity index (χ1v) is 10.2. The SMILES string of the molecule is Cc1cnc(C)c(N2CCN(Cc3nc(-c4sccc4C)oc3C)CC2)n1. The molecule has 0 radical (unpaired) electrons. The first-order valence-electron chi connectivity index (χ1n) is 9.29. The van der Waals surface area contributed by atoms with Gasteiger partial charge in [-0.25, -0.2) is 9.97 Å². The highest BCUT2D eigenvalue weighted by Crippen LogP contribution is 2.30. The second kappa shape index (κ2) is 7.40. The van der Waals surface area contributed by atoms with Crippen molar-refractivity contribution in [3.05, 3.63) is 46.0 Å². The van der Waals surface area contributed by atoms with E-state index in [0.717, 1.165) is 72.2 Å². The molecule has 0 saturated carbocycles. The van der Waals surface area contributed by atoms with E-state index < -0.39 is 0 Å². The van der Waals surface area contributed by atoms with Crippen LogP contribution in [0.3, 0.4) is 0 Å². The minimum absolute atomic E-state index is 0.749. The summed E-state index contributed by atoms with van der Waals surface area (Å²) >= 11 is 1.68. The van der Waals surface area contributed by atoms with Crippen LogP contribution in [0, 0.1) is 27.7 Å². The molecule has 1 saturated heterocycles. The Kier molecular flexibility index (Phi) is 4.97. The Morgan fingerprint density at radius 2 is 1.85 bits per heavy atom. The van der Waals surface area contributed by atoms with Gasteiger partial charge in [-0.2, -0.15) is 0 Å². The molecule has 0 N–H and O–H groups in total. The number of aryl methyl sites for hydroxylation is 4. The van der Waals surface area contributed by atoms with Gasteiger partial charge < -0.3 is 9.32 Å². The molecule has 4 heterocycles. The fraction of sp³-hybridized carbons (Fsp3) is 0.450. The first kappa shape index (κ1) is 18.1. The van der Waals surface area contributed by atoms with Crippen molar-refractivity contribution in [2.45, 2.75) is 34.2 Å². The smallest absolute Gasteiger partial charge is 0.237 e. The molecule has 7 heteroatoms. The Balaban J connectivity index is 1.42. The van der Waals surface area contributed by atoms with Crippen molar-refractivity contribution >= 4 is 17.2 Å². The van der Waals surface area contributed by atoms with Crippen LogP contribution in [-0.2, 0) is 6.54 Å². The van der Waals surface area contributed by atoms with Crippen molar-refractivity contribution in [2.24, 2.45) is 0 Å². The number of oxazole rings is 1. The van der Waals surface area contributed by atoms with E-state index in [2.05, 4.69) is 38.1 Å². The van der Waals surface area contributed by atoms with Gasteiger partial charge in [-0.3, -0.25) is 9.88 Å². The molecule has 3 aromatic heterocycles. The molecule has 6 nitrogen and oxygen atoms in total. The molecule has 0 atom stereocenters. The van der Waals surface area contributed by atoms with Crippen LogP contribution in [0.4, 0.5) is 5.82 Å². The molecule has 1 aliphatic heterocycles. The molecule has 1 aliphatic rings. The predicted octanol–water partition coefficient (Wildman–Crippen LogP) is 3.75. The standard InChI is InChI=1S/C20H25N5OS/c1-13-5-10-27-18(13)20-23-17(16(4)26-20)12-24-6-8-25(9-7-24)19-15(3)21-11-14(2)22-19/h5,10-11H,6-9,12H2,1-4H3. The van der Waals surface area contributed by atoms with Gasteiger partial charge in [0.2, 0.25) is 5.89 Å². The third kappa shape index (κ3) is 3.75. The average Bonchev–Trinajstić information content (AvgIpc) is 3.23. The van der Waals surface area contributed by atoms with E-state index in [4.69, 9.17) is 9.40 Å². The fourth-order valence-corrected chi connectivity index (χ4v) is 4.27. The molecule has 0 aliphatic carbocycles. The molecule has 0 amide bonds. The van der Waals surface area contributed by atoms with E-state index in [1.807, 2.05) is 27.0 Å². The van der Waals surface area contributed by atoms with Gasteiger partial charge in [0.15, 0.2) is 0 Å². The quantitative estimate of drug-likeness (QED) is 0.684. The Morgan fingerprint density at radius 3 is 2.56 bits per heavy atom. The van der Waals surface area contributed by atoms with E-state index in [1.54, 1.807) is 11.3 Å². The maximum absolute atomic E-state index is 5.94. The van der Waals surface area contributed by atoms with Crippen LogP contribution in [0.15, 0.2) is 22.1 Å². The highest BCUT2D eigenvalue weighted by Gasteiger charge is 2.22. The predicted molar refractivity (Wildman–Crippen MR) is 108 cm³/mol. The zero-order valence-electron chi connectivity index (χ0n) is 16.3. The van der Waals surface area contributed by atoms with Crippen LogP contribution in [-0.4, -0.2) is 46.0 Å². The molecular weight excluding hydrogens is 358 g/mol. The molecule has 27 heavy (non-hydrogen) atoms. The van der Waals surface area contributed by atoms with Gasteiger partial charge >= 0.3 is 0 Å². The molecule has 0 spiro atoms. The van der Waals surface area contributed by atoms with E-state index in [-0.39, 0.29) is 0 Å². The van der Waals surface area contributed by atoms with Crippen molar-refractivity contribution in [3.63, 3.8) is 0 Å². The Hall–Kier alpha value is -2.25. The maximum Gasteiger partial charge on any atom is 0.237 e. The van der Waals surface area contributed by atoms with Gasteiger partial charge in [-0.1, -0.05) is 0 Å². The van der Waals surface area contributed by atoms with Gasteiger partial charge in [-0.15, -0.1) is 11.3 Å². The average molecular weight is 384 g/mol. The molecule has 142 valence electrons. The van der Waals surface area contributed by atoms with Crippen molar-refractivity contribution in [1.82, 2.24) is 19.9 Å². The number of thiophene rings is 1. The van der Waals surface area contributed by atoms with E-state index in [0.29, 0.717) is 0 Å². The number of piperazine rings is 1. The summed E-state index contributed by atoms with van der Waals surface area (Å²) in [7, 11) is 0. The molecule has 0 bridgehead atoms. The van der Waals surface area contributed by atoms with Crippen molar-refractivity contribution in [1.29, 1.82) is 0 Å². The lowest BCUT2D eigenvalue weighted by Gasteiger charge is -2.35. The molecule has 0 unspecified atom stereocenters. The maximum atomic E-state index is 5.94. The molecular formula is C20H25N5OS. The molecule has 0 aromatic carbocycles. The third-order valence-corrected chi connectivity index (χ3v) is 6.05. The summed E-state index contributed by atoms with van der Waals surface area (Å²) in [6.07, 6.45) is 1.83. The number of rotatable bonds is 4. The lowest BCUT2D eigenvalue weighted by molar-refractivity contribution is 0.245. The summed E-state index contributed by atoms with van der Waals surface area (Å²) < 4.78 is 5.94. The minimum Gasteiger partial charge on any atom is -0.440 e. The van der Waals surface area contributed by atoms with Gasteiger partial charge in [-0.05, 0) is 44.7 Å². The van der Waals surface area contributed by atoms with Gasteiger partial charge in [0, 0.05) is 38.9 Å². The van der Waals surface area contributed by atoms with E-state index in [1.165, 1.54) is 5.56 Å². The van der Waals surface area contributed by atoms with E-state index >= 15 is 0 Å². The third-order valence-electron chi connectivity index (χ3n) is 5.05. The van der Waals surface area contributed by atoms with Crippen LogP contribution < -0.4 is 4.90 Å². The van der Waals surface area contributed by atoms with Crippen LogP contribution in [0.25, 0.3) is 10.8 Å². The molecule has 3 aromatic rings. The van der Waals surface area contributed by atoms with Crippen LogP contribution >= 0.6 is 11.3 Å². The summed E-state index contributed by atoms with van der Waals surface area (Å²) in [5, 5.41) is 2.08. The highest BCUT2D eigenvalue weighted by molar-refractivity contribution is 7.13. The summed E-state index contributed by atoms with van der Waals surface area (Å²) in [5.41, 5.74) is 4.22. The topological polar surface area (TPSA) is 58.3 Å². The Labute approximate surface area is 163 Å². The highest BCUT2D eigenvalue weighted by atomic mass is 32.1. The van der Waals surface area contributed by atoms with Gasteiger partial charge in [0.25, 0.3) is 0 Å². The largest absolute Gasteiger partial charge is 0.440 e. The Morgan fingerprint density at radius 1 is 1.07 bits per heavy atom. The second-order valence-electron chi connectivity index (χ2n) is 7.14. The first-order chi connectivity index (χ1) is 13.0. The van der Waals surface area contributed by atoms with Crippen molar-refractivity contribution < 1.29 is 4.42 Å². The van der Waals surface area contributed by atoms with Gasteiger partial charge in [0.1, 0.15) is 11.6 Å². The summed E-state index contributed by atoms with van der Waals surface area (Å²) in [5.74, 6) is 2.68. The van der Waals surface area contributed by atoms with Crippen molar-refractivity contribution in [2.75, 3.05) is 31.1 Å². The summed E-state index contributed by atoms with van der Waals surface area (Å²) in [4.78, 5) is 19.8. The molecule has 1 fully saturated rings. The second-order valence-corrected chi connectivity index (χ2v) is 8.05. The summed E-state index contributed by atoms with van der Waals surface area (Å²) in [6, 6.07) is 2.11. The number of hydrogen-bond donors (Lipinski definition) is 0. The minimum atomic E-state index is 0.749. The van der Waals surface area contributed by atoms with Crippen molar-refractivity contribution in [3.8, 4) is 10.8 Å². The number of aromatic nitrogens is 3. The zero-order chi connectivity index (χ0) is 19.0. The Bertz CT molecular complexity index is 940. The lowest BCUT2D eigenvalue weighted by Crippen LogP contribution is -2.46. The monoisotopic (exact) mass is 383 g/mol. The number of anilines is 1. The van der Waals surface area contributed by atoms with Gasteiger partial charge in [0.05, 0.1) is 22.0 Å². The van der Waals surface area contributed by atoms with Crippen LogP contribution in [0.1, 0.15) is 28.4 Å².